The molecule has 2 aromatic heterocycles. The van der Waals surface area contributed by atoms with E-state index in [0.29, 0.717) is 49.7 Å². The van der Waals surface area contributed by atoms with Crippen LogP contribution in [0.4, 0.5) is 11.9 Å². The first-order valence-electron chi connectivity index (χ1n) is 21.6. The van der Waals surface area contributed by atoms with E-state index in [9.17, 15) is 15.0 Å². The molecule has 4 unspecified atom stereocenters. The van der Waals surface area contributed by atoms with Crippen molar-refractivity contribution in [3.8, 4) is 22.3 Å². The van der Waals surface area contributed by atoms with Gasteiger partial charge in [0.2, 0.25) is 17.7 Å². The third kappa shape index (κ3) is 6.41. The summed E-state index contributed by atoms with van der Waals surface area (Å²) in [6, 6.07) is 33.6. The molecule has 10 rings (SSSR count). The molecule has 9 nitrogen and oxygen atoms in total. The maximum atomic E-state index is 14.0. The van der Waals surface area contributed by atoms with Gasteiger partial charge in [-0.25, -0.2) is 19.9 Å². The lowest BCUT2D eigenvalue weighted by molar-refractivity contribution is 0.102. The zero-order chi connectivity index (χ0) is 41.3. The van der Waals surface area contributed by atoms with Crippen LogP contribution < -0.4 is 9.80 Å². The standard InChI is InChI=1S/C51H52N6O3/c1-31(2)35-9-5-7-11-37(35)33-13-15-41-39(25-33)45(58)27-50(41)19-23-56(29-50)48-52-21-17-43(54-48)47(60)44-18-22-53-49(55-44)57-24-20-51(30-57)28-46(59)40-26-34(14-16-42(40)51)38-12-8-6-10-36(38)32(3)4/h5-18,21-22,25-26,31-32,45-46,58-59H,19-20,23-24,27-30H2,1-4H3. The van der Waals surface area contributed by atoms with Crippen LogP contribution in [-0.2, 0) is 10.8 Å². The molecule has 4 atom stereocenters. The van der Waals surface area contributed by atoms with Crippen molar-refractivity contribution in [1.29, 1.82) is 0 Å². The minimum absolute atomic E-state index is 0.222. The number of rotatable bonds is 8. The lowest BCUT2D eigenvalue weighted by Gasteiger charge is -2.26. The van der Waals surface area contributed by atoms with Crippen LogP contribution in [0.1, 0.15) is 127 Å². The Bertz CT molecular complexity index is 2460. The number of hydrogen-bond acceptors (Lipinski definition) is 9. The maximum absolute atomic E-state index is 14.0. The summed E-state index contributed by atoms with van der Waals surface area (Å²) in [6.45, 7) is 11.6. The van der Waals surface area contributed by atoms with E-state index in [2.05, 4.69) is 132 Å². The third-order valence-electron chi connectivity index (χ3n) is 13.9. The van der Waals surface area contributed by atoms with Crippen LogP contribution >= 0.6 is 0 Å². The Morgan fingerprint density at radius 3 is 1.48 bits per heavy atom. The monoisotopic (exact) mass is 796 g/mol. The number of hydrogen-bond donors (Lipinski definition) is 2. The molecular weight excluding hydrogens is 745 g/mol. The first-order valence-corrected chi connectivity index (χ1v) is 21.6. The molecule has 2 fully saturated rings. The Kier molecular flexibility index (Phi) is 9.45. The summed E-state index contributed by atoms with van der Waals surface area (Å²) in [5, 5.41) is 22.8. The molecule has 2 saturated heterocycles. The van der Waals surface area contributed by atoms with Crippen LogP contribution in [0.2, 0.25) is 0 Å². The van der Waals surface area contributed by atoms with Crippen molar-refractivity contribution in [3.63, 3.8) is 0 Å². The zero-order valence-corrected chi connectivity index (χ0v) is 34.8. The summed E-state index contributed by atoms with van der Waals surface area (Å²) >= 11 is 0. The Labute approximate surface area is 352 Å². The number of anilines is 2. The van der Waals surface area contributed by atoms with Gasteiger partial charge in [0.05, 0.1) is 12.2 Å². The topological polar surface area (TPSA) is 116 Å². The normalized spacial score (nSPS) is 23.1. The number of carbonyl (C=O) groups is 1. The molecule has 4 aliphatic rings. The lowest BCUT2D eigenvalue weighted by atomic mass is 9.80. The number of aromatic nitrogens is 4. The maximum Gasteiger partial charge on any atom is 0.230 e. The molecule has 4 aromatic carbocycles. The van der Waals surface area contributed by atoms with Crippen molar-refractivity contribution in [2.75, 3.05) is 36.0 Å². The highest BCUT2D eigenvalue weighted by Crippen LogP contribution is 2.53. The van der Waals surface area contributed by atoms with E-state index >= 15 is 0 Å². The molecule has 304 valence electrons. The lowest BCUT2D eigenvalue weighted by Crippen LogP contribution is -2.30. The number of aliphatic hydroxyl groups is 2. The number of aliphatic hydroxyl groups excluding tert-OH is 2. The van der Waals surface area contributed by atoms with Crippen molar-refractivity contribution in [1.82, 2.24) is 19.9 Å². The van der Waals surface area contributed by atoms with Gasteiger partial charge >= 0.3 is 0 Å². The van der Waals surface area contributed by atoms with E-state index < -0.39 is 12.2 Å². The molecule has 0 bridgehead atoms. The smallest absolute Gasteiger partial charge is 0.230 e. The number of ketones is 1. The molecule has 2 aliphatic carbocycles. The average molecular weight is 797 g/mol. The van der Waals surface area contributed by atoms with E-state index in [4.69, 9.17) is 9.97 Å². The number of nitrogens with zero attached hydrogens (tertiary/aromatic N) is 6. The minimum atomic E-state index is -0.545. The van der Waals surface area contributed by atoms with Gasteiger partial charge in [0.15, 0.2) is 0 Å². The first-order chi connectivity index (χ1) is 29.0. The second-order valence-electron chi connectivity index (χ2n) is 18.2. The van der Waals surface area contributed by atoms with Gasteiger partial charge in [0.25, 0.3) is 0 Å². The Balaban J connectivity index is 0.854. The predicted octanol–water partition coefficient (Wildman–Crippen LogP) is 9.25. The van der Waals surface area contributed by atoms with Crippen LogP contribution in [0, 0.1) is 0 Å². The summed E-state index contributed by atoms with van der Waals surface area (Å²) in [5.41, 5.74) is 11.8. The summed E-state index contributed by atoms with van der Waals surface area (Å²) in [6.07, 6.45) is 5.23. The van der Waals surface area contributed by atoms with Crippen LogP contribution in [0.15, 0.2) is 109 Å². The van der Waals surface area contributed by atoms with Crippen LogP contribution in [0.5, 0.6) is 0 Å². The van der Waals surface area contributed by atoms with Crippen molar-refractivity contribution < 1.29 is 15.0 Å². The highest BCUT2D eigenvalue weighted by molar-refractivity contribution is 6.06. The molecule has 60 heavy (non-hydrogen) atoms. The summed E-state index contributed by atoms with van der Waals surface area (Å²) in [7, 11) is 0. The molecule has 0 saturated carbocycles. The summed E-state index contributed by atoms with van der Waals surface area (Å²) in [5.74, 6) is 1.52. The summed E-state index contributed by atoms with van der Waals surface area (Å²) < 4.78 is 0. The van der Waals surface area contributed by atoms with Crippen molar-refractivity contribution in [2.24, 2.45) is 0 Å². The van der Waals surface area contributed by atoms with Crippen molar-refractivity contribution in [3.05, 3.63) is 154 Å². The largest absolute Gasteiger partial charge is 0.388 e. The van der Waals surface area contributed by atoms with E-state index in [0.717, 1.165) is 48.2 Å². The van der Waals surface area contributed by atoms with Crippen LogP contribution in [0.25, 0.3) is 22.3 Å². The van der Waals surface area contributed by atoms with E-state index in [1.165, 1.54) is 33.4 Å². The molecule has 2 N–H and O–H groups in total. The Hall–Kier alpha value is -5.77. The second-order valence-corrected chi connectivity index (χ2v) is 18.2. The van der Waals surface area contributed by atoms with Crippen LogP contribution in [0.3, 0.4) is 0 Å². The average Bonchev–Trinajstić information content (AvgIpc) is 4.04. The van der Waals surface area contributed by atoms with Gasteiger partial charge in [-0.1, -0.05) is 100 Å². The van der Waals surface area contributed by atoms with Crippen molar-refractivity contribution in [2.45, 2.75) is 88.3 Å². The highest BCUT2D eigenvalue weighted by Gasteiger charge is 2.49. The first kappa shape index (κ1) is 38.4. The SMILES string of the molecule is CC(C)c1ccccc1-c1ccc2c(c1)C(O)CC21CCN(c2nccc(C(=O)c3ccnc(N4CCC5(CC(O)c6cc(-c7ccccc7C(C)C)ccc65)C4)n3)n2)C1. The number of carbonyl (C=O) groups excluding carboxylic acids is 1. The fourth-order valence-electron chi connectivity index (χ4n) is 10.9. The fraction of sp³-hybridized carbons (Fsp3) is 0.353. The zero-order valence-electron chi connectivity index (χ0n) is 34.8. The van der Waals surface area contributed by atoms with E-state index in [-0.39, 0.29) is 28.0 Å². The van der Waals surface area contributed by atoms with Crippen molar-refractivity contribution >= 4 is 17.7 Å². The molecule has 9 heteroatoms. The predicted molar refractivity (Wildman–Crippen MR) is 236 cm³/mol. The van der Waals surface area contributed by atoms with Gasteiger partial charge in [-0.05, 0) is 117 Å². The minimum Gasteiger partial charge on any atom is -0.388 e. The van der Waals surface area contributed by atoms with E-state index in [1.807, 2.05) is 0 Å². The quantitative estimate of drug-likeness (QED) is 0.146. The number of benzene rings is 4. The fourth-order valence-corrected chi connectivity index (χ4v) is 10.9. The third-order valence-corrected chi connectivity index (χ3v) is 13.9. The van der Waals surface area contributed by atoms with E-state index in [1.54, 1.807) is 24.5 Å². The molecule has 4 heterocycles. The molecule has 0 radical (unpaired) electrons. The molecule has 0 amide bonds. The Morgan fingerprint density at radius 1 is 0.617 bits per heavy atom. The van der Waals surface area contributed by atoms with Gasteiger partial charge in [0.1, 0.15) is 11.4 Å². The van der Waals surface area contributed by atoms with Gasteiger partial charge in [-0.15, -0.1) is 0 Å². The number of fused-ring (bicyclic) bond motifs is 4. The van der Waals surface area contributed by atoms with Crippen LogP contribution in [-0.4, -0.2) is 62.1 Å². The highest BCUT2D eigenvalue weighted by atomic mass is 16.3. The molecule has 2 spiro atoms. The second kappa shape index (κ2) is 14.7. The molecule has 6 aromatic rings. The van der Waals surface area contributed by atoms with Gasteiger partial charge in [-0.3, -0.25) is 4.79 Å². The molecule has 2 aliphatic heterocycles. The molecular formula is C51H52N6O3. The van der Waals surface area contributed by atoms with Gasteiger partial charge in [-0.2, -0.15) is 0 Å². The summed E-state index contributed by atoms with van der Waals surface area (Å²) in [4.78, 5) is 37.2. The van der Waals surface area contributed by atoms with Gasteiger partial charge in [0, 0.05) is 49.4 Å². The Morgan fingerprint density at radius 2 is 1.05 bits per heavy atom. The van der Waals surface area contributed by atoms with Gasteiger partial charge < -0.3 is 20.0 Å².